The van der Waals surface area contributed by atoms with Gasteiger partial charge in [-0.2, -0.15) is 5.10 Å². The van der Waals surface area contributed by atoms with Crippen molar-refractivity contribution in [2.24, 2.45) is 0 Å². The maximum absolute atomic E-state index is 12.2. The van der Waals surface area contributed by atoms with Crippen molar-refractivity contribution in [3.8, 4) is 0 Å². The van der Waals surface area contributed by atoms with Gasteiger partial charge in [0, 0.05) is 26.2 Å². The van der Waals surface area contributed by atoms with E-state index >= 15 is 0 Å². The molecule has 0 aromatic carbocycles. The zero-order valence-electron chi connectivity index (χ0n) is 14.5. The molecular weight excluding hydrogens is 388 g/mol. The largest absolute Gasteiger partial charge is 0.454 e. The van der Waals surface area contributed by atoms with Gasteiger partial charge in [-0.1, -0.05) is 0 Å². The molecule has 1 aliphatic rings. The molecule has 0 aliphatic carbocycles. The molecule has 0 radical (unpaired) electrons. The quantitative estimate of drug-likeness (QED) is 0.787. The van der Waals surface area contributed by atoms with Gasteiger partial charge in [-0.25, -0.2) is 0 Å². The third-order valence-corrected chi connectivity index (χ3v) is 5.45. The number of nitrogens with zero attached hydrogens (tertiary/aromatic N) is 3. The number of carbonyl (C=O) groups is 1. The maximum Gasteiger partial charge on any atom is 0.287 e. The number of halogens is 1. The second kappa shape index (κ2) is 8.16. The lowest BCUT2D eigenvalue weighted by Gasteiger charge is -2.26. The van der Waals surface area contributed by atoms with Gasteiger partial charge >= 0.3 is 0 Å². The summed E-state index contributed by atoms with van der Waals surface area (Å²) in [5, 5.41) is 7.36. The van der Waals surface area contributed by atoms with Crippen LogP contribution in [0.5, 0.6) is 0 Å². The van der Waals surface area contributed by atoms with Crippen LogP contribution in [0.1, 0.15) is 27.7 Å². The molecule has 1 amide bonds. The molecule has 3 rings (SSSR count). The molecule has 0 spiro atoms. The molecule has 1 saturated heterocycles. The number of ether oxygens (including phenoxy) is 1. The number of rotatable bonds is 6. The van der Waals surface area contributed by atoms with Crippen molar-refractivity contribution in [1.29, 1.82) is 0 Å². The fourth-order valence-corrected chi connectivity index (χ4v) is 3.08. The number of amides is 1. The van der Waals surface area contributed by atoms with Gasteiger partial charge in [0.05, 0.1) is 35.6 Å². The summed E-state index contributed by atoms with van der Waals surface area (Å²) in [6, 6.07) is 3.53. The third-order valence-electron chi connectivity index (χ3n) is 4.30. The Balaban J connectivity index is 1.51. The van der Waals surface area contributed by atoms with E-state index in [2.05, 4.69) is 31.2 Å². The number of aromatic nitrogens is 2. The lowest BCUT2D eigenvalue weighted by atomic mass is 10.3. The molecular formula is C17H23BrN4O3. The molecule has 0 saturated carbocycles. The van der Waals surface area contributed by atoms with E-state index < -0.39 is 0 Å². The highest BCUT2D eigenvalue weighted by atomic mass is 79.9. The fraction of sp³-hybridized carbons (Fsp3) is 0.529. The van der Waals surface area contributed by atoms with Crippen LogP contribution in [0, 0.1) is 13.8 Å². The molecule has 1 aliphatic heterocycles. The topological polar surface area (TPSA) is 72.5 Å². The Morgan fingerprint density at radius 2 is 2.08 bits per heavy atom. The van der Waals surface area contributed by atoms with Crippen LogP contribution in [0.2, 0.25) is 0 Å². The minimum absolute atomic E-state index is 0.186. The highest BCUT2D eigenvalue weighted by Crippen LogP contribution is 2.21. The Morgan fingerprint density at radius 1 is 1.32 bits per heavy atom. The van der Waals surface area contributed by atoms with E-state index in [0.29, 0.717) is 24.6 Å². The van der Waals surface area contributed by atoms with Crippen LogP contribution in [-0.2, 0) is 11.3 Å². The Kier molecular flexibility index (Phi) is 5.93. The number of hydrogen-bond acceptors (Lipinski definition) is 5. The van der Waals surface area contributed by atoms with Crippen LogP contribution in [0.25, 0.3) is 0 Å². The molecule has 25 heavy (non-hydrogen) atoms. The first kappa shape index (κ1) is 18.2. The molecule has 1 N–H and O–H groups in total. The van der Waals surface area contributed by atoms with Crippen molar-refractivity contribution in [3.05, 3.63) is 39.5 Å². The molecule has 0 unspecified atom stereocenters. The van der Waals surface area contributed by atoms with Crippen LogP contribution in [0.3, 0.4) is 0 Å². The monoisotopic (exact) mass is 410 g/mol. The fourth-order valence-electron chi connectivity index (χ4n) is 2.80. The van der Waals surface area contributed by atoms with Crippen molar-refractivity contribution < 1.29 is 13.9 Å². The van der Waals surface area contributed by atoms with Gasteiger partial charge in [0.15, 0.2) is 5.76 Å². The molecule has 7 nitrogen and oxygen atoms in total. The predicted molar refractivity (Wildman–Crippen MR) is 96.8 cm³/mol. The molecule has 2 aromatic heterocycles. The number of nitrogens with one attached hydrogen (secondary N) is 1. The SMILES string of the molecule is Cc1nn(Cc2ccc(C(=O)NCCN3CCOCC3)o2)c(C)c1Br. The number of morpholine rings is 1. The Morgan fingerprint density at radius 3 is 2.76 bits per heavy atom. The van der Waals surface area contributed by atoms with E-state index in [4.69, 9.17) is 9.15 Å². The number of aryl methyl sites for hydroxylation is 1. The smallest absolute Gasteiger partial charge is 0.287 e. The van der Waals surface area contributed by atoms with Crippen LogP contribution >= 0.6 is 15.9 Å². The Hall–Kier alpha value is -1.64. The molecule has 0 atom stereocenters. The van der Waals surface area contributed by atoms with E-state index in [1.54, 1.807) is 6.07 Å². The van der Waals surface area contributed by atoms with E-state index in [-0.39, 0.29) is 5.91 Å². The third kappa shape index (κ3) is 4.50. The average Bonchev–Trinajstić information content (AvgIpc) is 3.17. The van der Waals surface area contributed by atoms with E-state index in [1.165, 1.54) is 0 Å². The van der Waals surface area contributed by atoms with Gasteiger partial charge in [-0.15, -0.1) is 0 Å². The molecule has 1 fully saturated rings. The lowest BCUT2D eigenvalue weighted by molar-refractivity contribution is 0.0382. The van der Waals surface area contributed by atoms with Crippen LogP contribution in [-0.4, -0.2) is 60.0 Å². The van der Waals surface area contributed by atoms with Gasteiger partial charge in [0.25, 0.3) is 5.91 Å². The van der Waals surface area contributed by atoms with Crippen molar-refractivity contribution in [3.63, 3.8) is 0 Å². The normalized spacial score (nSPS) is 15.5. The number of hydrogen-bond donors (Lipinski definition) is 1. The van der Waals surface area contributed by atoms with Crippen LogP contribution in [0.4, 0.5) is 0 Å². The second-order valence-corrected chi connectivity index (χ2v) is 6.91. The van der Waals surface area contributed by atoms with Crippen molar-refractivity contribution in [2.45, 2.75) is 20.4 Å². The van der Waals surface area contributed by atoms with Crippen molar-refractivity contribution in [1.82, 2.24) is 20.0 Å². The van der Waals surface area contributed by atoms with Crippen molar-refractivity contribution >= 4 is 21.8 Å². The van der Waals surface area contributed by atoms with Crippen LogP contribution < -0.4 is 5.32 Å². The summed E-state index contributed by atoms with van der Waals surface area (Å²) >= 11 is 3.51. The number of furan rings is 1. The second-order valence-electron chi connectivity index (χ2n) is 6.12. The van der Waals surface area contributed by atoms with Crippen LogP contribution in [0.15, 0.2) is 21.0 Å². The minimum Gasteiger partial charge on any atom is -0.454 e. The summed E-state index contributed by atoms with van der Waals surface area (Å²) in [5.41, 5.74) is 1.97. The maximum atomic E-state index is 12.2. The Bertz CT molecular complexity index is 734. The van der Waals surface area contributed by atoms with Crippen molar-refractivity contribution in [2.75, 3.05) is 39.4 Å². The highest BCUT2D eigenvalue weighted by molar-refractivity contribution is 9.10. The molecule has 8 heteroatoms. The zero-order valence-corrected chi connectivity index (χ0v) is 16.1. The lowest BCUT2D eigenvalue weighted by Crippen LogP contribution is -2.41. The van der Waals surface area contributed by atoms with Gasteiger partial charge in [-0.3, -0.25) is 14.4 Å². The zero-order chi connectivity index (χ0) is 17.8. The van der Waals surface area contributed by atoms with Gasteiger partial charge < -0.3 is 14.5 Å². The van der Waals surface area contributed by atoms with Gasteiger partial charge in [-0.05, 0) is 41.9 Å². The minimum atomic E-state index is -0.186. The average molecular weight is 411 g/mol. The summed E-state index contributed by atoms with van der Waals surface area (Å²) in [6.07, 6.45) is 0. The summed E-state index contributed by atoms with van der Waals surface area (Å²) in [4.78, 5) is 14.5. The number of carbonyl (C=O) groups excluding carboxylic acids is 1. The predicted octanol–water partition coefficient (Wildman–Crippen LogP) is 1.97. The molecule has 2 aromatic rings. The summed E-state index contributed by atoms with van der Waals surface area (Å²) in [7, 11) is 0. The molecule has 136 valence electrons. The van der Waals surface area contributed by atoms with E-state index in [0.717, 1.165) is 48.7 Å². The van der Waals surface area contributed by atoms with E-state index in [9.17, 15) is 4.79 Å². The Labute approximate surface area is 155 Å². The summed E-state index contributed by atoms with van der Waals surface area (Å²) in [6.45, 7) is 9.21. The molecule has 0 bridgehead atoms. The summed E-state index contributed by atoms with van der Waals surface area (Å²) in [5.74, 6) is 0.850. The first-order chi connectivity index (χ1) is 12.0. The highest BCUT2D eigenvalue weighted by Gasteiger charge is 2.15. The summed E-state index contributed by atoms with van der Waals surface area (Å²) < 4.78 is 13.8. The standard InChI is InChI=1S/C17H23BrN4O3/c1-12-16(18)13(2)22(20-12)11-14-3-4-15(25-14)17(23)19-5-6-21-7-9-24-10-8-21/h3-4H,5-11H2,1-2H3,(H,19,23). The van der Waals surface area contributed by atoms with E-state index in [1.807, 2.05) is 24.6 Å². The first-order valence-electron chi connectivity index (χ1n) is 8.41. The van der Waals surface area contributed by atoms with Gasteiger partial charge in [0.2, 0.25) is 0 Å². The van der Waals surface area contributed by atoms with Gasteiger partial charge in [0.1, 0.15) is 5.76 Å². The molecule has 3 heterocycles. The first-order valence-corrected chi connectivity index (χ1v) is 9.20.